The zero-order chi connectivity index (χ0) is 19.8. The van der Waals surface area contributed by atoms with Crippen molar-refractivity contribution in [3.8, 4) is 0 Å². The van der Waals surface area contributed by atoms with Crippen LogP contribution in [0.25, 0.3) is 0 Å². The van der Waals surface area contributed by atoms with Crippen molar-refractivity contribution in [2.24, 2.45) is 5.73 Å². The van der Waals surface area contributed by atoms with Crippen LogP contribution in [0.2, 0.25) is 0 Å². The van der Waals surface area contributed by atoms with Gasteiger partial charge >= 0.3 is 0 Å². The second-order valence-electron chi connectivity index (χ2n) is 7.16. The quantitative estimate of drug-likeness (QED) is 0.752. The lowest BCUT2D eigenvalue weighted by Crippen LogP contribution is -2.52. The van der Waals surface area contributed by atoms with Gasteiger partial charge in [0, 0.05) is 32.7 Å². The molecule has 1 aliphatic heterocycles. The first kappa shape index (κ1) is 20.0. The van der Waals surface area contributed by atoms with Crippen LogP contribution in [0.4, 0.5) is 0 Å². The van der Waals surface area contributed by atoms with Gasteiger partial charge in [0.15, 0.2) is 0 Å². The van der Waals surface area contributed by atoms with Crippen molar-refractivity contribution < 1.29 is 9.59 Å². The number of hydrogen-bond acceptors (Lipinski definition) is 4. The molecule has 2 aromatic carbocycles. The molecule has 2 amide bonds. The standard InChI is InChI=1S/C22H28N4O2/c23-20(15-18-7-3-1-4-8-18)22(28)24-16-21(27)26-13-11-25(12-14-26)17-19-9-5-2-6-10-19/h1-10,20H,11-17,23H2,(H,24,28). The Morgan fingerprint density at radius 3 is 2.07 bits per heavy atom. The third kappa shape index (κ3) is 5.90. The van der Waals surface area contributed by atoms with Gasteiger partial charge in [-0.3, -0.25) is 14.5 Å². The van der Waals surface area contributed by atoms with Crippen molar-refractivity contribution in [1.82, 2.24) is 15.1 Å². The highest BCUT2D eigenvalue weighted by atomic mass is 16.2. The van der Waals surface area contributed by atoms with E-state index in [2.05, 4.69) is 22.3 Å². The summed E-state index contributed by atoms with van der Waals surface area (Å²) in [5.74, 6) is -0.348. The van der Waals surface area contributed by atoms with E-state index in [-0.39, 0.29) is 18.4 Å². The highest BCUT2D eigenvalue weighted by molar-refractivity contribution is 5.87. The Balaban J connectivity index is 1.37. The lowest BCUT2D eigenvalue weighted by atomic mass is 10.1. The molecule has 0 aliphatic carbocycles. The zero-order valence-corrected chi connectivity index (χ0v) is 16.1. The van der Waals surface area contributed by atoms with Gasteiger partial charge in [0.2, 0.25) is 11.8 Å². The lowest BCUT2D eigenvalue weighted by molar-refractivity contribution is -0.134. The van der Waals surface area contributed by atoms with Crippen LogP contribution in [-0.2, 0) is 22.6 Å². The number of benzene rings is 2. The van der Waals surface area contributed by atoms with Gasteiger partial charge in [-0.25, -0.2) is 0 Å². The van der Waals surface area contributed by atoms with Gasteiger partial charge in [0.05, 0.1) is 12.6 Å². The molecule has 0 radical (unpaired) electrons. The first-order valence-electron chi connectivity index (χ1n) is 9.73. The summed E-state index contributed by atoms with van der Waals surface area (Å²) in [6.07, 6.45) is 0.457. The molecule has 2 aromatic rings. The fraction of sp³-hybridized carbons (Fsp3) is 0.364. The molecule has 0 bridgehead atoms. The maximum Gasteiger partial charge on any atom is 0.242 e. The summed E-state index contributed by atoms with van der Waals surface area (Å²) in [4.78, 5) is 28.7. The van der Waals surface area contributed by atoms with Gasteiger partial charge < -0.3 is 16.0 Å². The molecule has 6 nitrogen and oxygen atoms in total. The number of hydrogen-bond donors (Lipinski definition) is 2. The predicted octanol–water partition coefficient (Wildman–Crippen LogP) is 1.02. The maximum absolute atomic E-state index is 12.4. The molecule has 1 heterocycles. The Morgan fingerprint density at radius 2 is 1.46 bits per heavy atom. The molecule has 1 atom stereocenters. The normalized spacial score (nSPS) is 15.8. The molecule has 1 aliphatic rings. The molecule has 6 heteroatoms. The van der Waals surface area contributed by atoms with Crippen LogP contribution in [0.1, 0.15) is 11.1 Å². The minimum absolute atomic E-state index is 0.00000822. The Bertz CT molecular complexity index is 759. The van der Waals surface area contributed by atoms with Gasteiger partial charge in [-0.1, -0.05) is 60.7 Å². The van der Waals surface area contributed by atoms with Crippen LogP contribution in [-0.4, -0.2) is 60.4 Å². The number of nitrogens with zero attached hydrogens (tertiary/aromatic N) is 2. The molecule has 28 heavy (non-hydrogen) atoms. The number of carbonyl (C=O) groups excluding carboxylic acids is 2. The van der Waals surface area contributed by atoms with E-state index in [1.807, 2.05) is 53.4 Å². The Hall–Kier alpha value is -2.70. The van der Waals surface area contributed by atoms with E-state index >= 15 is 0 Å². The predicted molar refractivity (Wildman–Crippen MR) is 109 cm³/mol. The van der Waals surface area contributed by atoms with Crippen LogP contribution in [0.5, 0.6) is 0 Å². The summed E-state index contributed by atoms with van der Waals surface area (Å²) >= 11 is 0. The molecule has 3 N–H and O–H groups in total. The average Bonchev–Trinajstić information content (AvgIpc) is 2.73. The molecule has 0 saturated carbocycles. The molecule has 0 spiro atoms. The Kier molecular flexibility index (Phi) is 7.17. The Morgan fingerprint density at radius 1 is 0.893 bits per heavy atom. The highest BCUT2D eigenvalue weighted by Crippen LogP contribution is 2.08. The van der Waals surface area contributed by atoms with Gasteiger partial charge in [-0.05, 0) is 17.5 Å². The van der Waals surface area contributed by atoms with Crippen molar-refractivity contribution in [3.05, 3.63) is 71.8 Å². The van der Waals surface area contributed by atoms with E-state index in [1.165, 1.54) is 5.56 Å². The van der Waals surface area contributed by atoms with Crippen molar-refractivity contribution in [1.29, 1.82) is 0 Å². The van der Waals surface area contributed by atoms with Crippen LogP contribution in [0.15, 0.2) is 60.7 Å². The van der Waals surface area contributed by atoms with E-state index < -0.39 is 6.04 Å². The van der Waals surface area contributed by atoms with Crippen LogP contribution in [0, 0.1) is 0 Å². The fourth-order valence-corrected chi connectivity index (χ4v) is 3.36. The summed E-state index contributed by atoms with van der Waals surface area (Å²) < 4.78 is 0. The average molecular weight is 380 g/mol. The van der Waals surface area contributed by atoms with Crippen molar-refractivity contribution in [3.63, 3.8) is 0 Å². The number of piperazine rings is 1. The number of nitrogens with one attached hydrogen (secondary N) is 1. The van der Waals surface area contributed by atoms with Crippen molar-refractivity contribution >= 4 is 11.8 Å². The maximum atomic E-state index is 12.4. The fourth-order valence-electron chi connectivity index (χ4n) is 3.36. The van der Waals surface area contributed by atoms with E-state index in [0.717, 1.165) is 25.2 Å². The number of carbonyl (C=O) groups is 2. The van der Waals surface area contributed by atoms with E-state index in [1.54, 1.807) is 0 Å². The summed E-state index contributed by atoms with van der Waals surface area (Å²) in [5.41, 5.74) is 8.25. The number of rotatable bonds is 7. The monoisotopic (exact) mass is 380 g/mol. The first-order valence-corrected chi connectivity index (χ1v) is 9.73. The smallest absolute Gasteiger partial charge is 0.242 e. The largest absolute Gasteiger partial charge is 0.346 e. The molecule has 1 unspecified atom stereocenters. The van der Waals surface area contributed by atoms with Gasteiger partial charge in [-0.15, -0.1) is 0 Å². The molecule has 1 saturated heterocycles. The molecule has 1 fully saturated rings. The molecule has 0 aromatic heterocycles. The van der Waals surface area contributed by atoms with Gasteiger partial charge in [-0.2, -0.15) is 0 Å². The van der Waals surface area contributed by atoms with Crippen LogP contribution >= 0.6 is 0 Å². The van der Waals surface area contributed by atoms with Crippen LogP contribution in [0.3, 0.4) is 0 Å². The van der Waals surface area contributed by atoms with E-state index in [4.69, 9.17) is 5.73 Å². The van der Waals surface area contributed by atoms with Gasteiger partial charge in [0.1, 0.15) is 0 Å². The minimum atomic E-state index is -0.655. The summed E-state index contributed by atoms with van der Waals surface area (Å²) in [6.45, 7) is 3.92. The van der Waals surface area contributed by atoms with Crippen molar-refractivity contribution in [2.45, 2.75) is 19.0 Å². The summed E-state index contributed by atoms with van der Waals surface area (Å²) in [6, 6.07) is 19.3. The third-order valence-corrected chi connectivity index (χ3v) is 5.02. The van der Waals surface area contributed by atoms with E-state index in [0.29, 0.717) is 19.5 Å². The van der Waals surface area contributed by atoms with E-state index in [9.17, 15) is 9.59 Å². The highest BCUT2D eigenvalue weighted by Gasteiger charge is 2.22. The SMILES string of the molecule is NC(Cc1ccccc1)C(=O)NCC(=O)N1CCN(Cc2ccccc2)CC1. The zero-order valence-electron chi connectivity index (χ0n) is 16.1. The Labute approximate surface area is 166 Å². The second-order valence-corrected chi connectivity index (χ2v) is 7.16. The van der Waals surface area contributed by atoms with Crippen molar-refractivity contribution in [2.75, 3.05) is 32.7 Å². The third-order valence-electron chi connectivity index (χ3n) is 5.02. The molecular weight excluding hydrogens is 352 g/mol. The number of amides is 2. The summed E-state index contributed by atoms with van der Waals surface area (Å²) in [5, 5.41) is 2.68. The van der Waals surface area contributed by atoms with Gasteiger partial charge in [0.25, 0.3) is 0 Å². The number of nitrogens with two attached hydrogens (primary N) is 1. The summed E-state index contributed by atoms with van der Waals surface area (Å²) in [7, 11) is 0. The van der Waals surface area contributed by atoms with Crippen LogP contribution < -0.4 is 11.1 Å². The lowest BCUT2D eigenvalue weighted by Gasteiger charge is -2.34. The second kappa shape index (κ2) is 10.0. The molecule has 148 valence electrons. The first-order chi connectivity index (χ1) is 13.6. The molecular formula is C22H28N4O2. The molecule has 3 rings (SSSR count). The minimum Gasteiger partial charge on any atom is -0.346 e. The topological polar surface area (TPSA) is 78.7 Å².